The molecule has 0 heterocycles. The number of ether oxygens (including phenoxy) is 1. The van der Waals surface area contributed by atoms with Crippen molar-refractivity contribution in [1.29, 1.82) is 0 Å². The van der Waals surface area contributed by atoms with Gasteiger partial charge in [-0.05, 0) is 45.9 Å². The van der Waals surface area contributed by atoms with Crippen molar-refractivity contribution >= 4 is 5.97 Å². The number of hydrogen-bond donors (Lipinski definition) is 1. The van der Waals surface area contributed by atoms with E-state index in [1.165, 1.54) is 18.2 Å². The highest BCUT2D eigenvalue weighted by Crippen LogP contribution is 2.35. The number of methoxy groups -OCH3 is 1. The molecule has 100 valence electrons. The van der Waals surface area contributed by atoms with Gasteiger partial charge in [0.1, 0.15) is 0 Å². The Balaban J connectivity index is 3.21. The van der Waals surface area contributed by atoms with E-state index in [1.807, 2.05) is 20.9 Å². The molecule has 1 unspecified atom stereocenters. The van der Waals surface area contributed by atoms with Gasteiger partial charge < -0.3 is 10.1 Å². The summed E-state index contributed by atoms with van der Waals surface area (Å²) in [5.41, 5.74) is 2.94. The SMILES string of the molecule is CNC(c1ccc(C)cc1C)C(C)(C)C(=O)OC. The zero-order valence-corrected chi connectivity index (χ0v) is 12.1. The van der Waals surface area contributed by atoms with Crippen molar-refractivity contribution in [2.24, 2.45) is 5.41 Å². The van der Waals surface area contributed by atoms with Gasteiger partial charge in [-0.2, -0.15) is 0 Å². The molecule has 1 aromatic rings. The van der Waals surface area contributed by atoms with Gasteiger partial charge in [0.05, 0.1) is 12.5 Å². The van der Waals surface area contributed by atoms with Gasteiger partial charge in [-0.1, -0.05) is 23.8 Å². The summed E-state index contributed by atoms with van der Waals surface area (Å²) in [4.78, 5) is 11.9. The van der Waals surface area contributed by atoms with Gasteiger partial charge in [-0.25, -0.2) is 0 Å². The standard InChI is InChI=1S/C15H23NO2/c1-10-7-8-12(11(2)9-10)13(16-5)15(3,4)14(17)18-6/h7-9,13,16H,1-6H3. The van der Waals surface area contributed by atoms with Gasteiger partial charge in [-0.15, -0.1) is 0 Å². The Hall–Kier alpha value is -1.35. The second kappa shape index (κ2) is 5.53. The molecule has 18 heavy (non-hydrogen) atoms. The van der Waals surface area contributed by atoms with E-state index in [9.17, 15) is 4.79 Å². The van der Waals surface area contributed by atoms with Crippen molar-refractivity contribution in [1.82, 2.24) is 5.32 Å². The molecule has 0 bridgehead atoms. The summed E-state index contributed by atoms with van der Waals surface area (Å²) >= 11 is 0. The minimum absolute atomic E-state index is 0.0643. The lowest BCUT2D eigenvalue weighted by atomic mass is 9.79. The van der Waals surface area contributed by atoms with Crippen LogP contribution in [-0.4, -0.2) is 20.1 Å². The van der Waals surface area contributed by atoms with Crippen LogP contribution >= 0.6 is 0 Å². The highest BCUT2D eigenvalue weighted by Gasteiger charge is 2.38. The summed E-state index contributed by atoms with van der Waals surface area (Å²) in [6, 6.07) is 6.22. The molecule has 0 saturated heterocycles. The fourth-order valence-corrected chi connectivity index (χ4v) is 2.44. The van der Waals surface area contributed by atoms with E-state index in [-0.39, 0.29) is 12.0 Å². The van der Waals surface area contributed by atoms with E-state index in [0.29, 0.717) is 0 Å². The Labute approximate surface area is 110 Å². The third kappa shape index (κ3) is 2.72. The maximum atomic E-state index is 11.9. The molecule has 1 atom stereocenters. The van der Waals surface area contributed by atoms with Crippen molar-refractivity contribution in [2.75, 3.05) is 14.2 Å². The second-order valence-electron chi connectivity index (χ2n) is 5.29. The van der Waals surface area contributed by atoms with Gasteiger partial charge in [0.15, 0.2) is 0 Å². The van der Waals surface area contributed by atoms with Crippen molar-refractivity contribution in [2.45, 2.75) is 33.7 Å². The average Bonchev–Trinajstić information content (AvgIpc) is 2.31. The summed E-state index contributed by atoms with van der Waals surface area (Å²) in [6.45, 7) is 7.94. The van der Waals surface area contributed by atoms with E-state index >= 15 is 0 Å². The first-order valence-corrected chi connectivity index (χ1v) is 6.17. The molecule has 0 amide bonds. The monoisotopic (exact) mass is 249 g/mol. The lowest BCUT2D eigenvalue weighted by Crippen LogP contribution is -2.39. The van der Waals surface area contributed by atoms with Crippen LogP contribution in [0.4, 0.5) is 0 Å². The zero-order valence-electron chi connectivity index (χ0n) is 12.1. The highest BCUT2D eigenvalue weighted by molar-refractivity contribution is 5.77. The fraction of sp³-hybridized carbons (Fsp3) is 0.533. The molecular formula is C15H23NO2. The summed E-state index contributed by atoms with van der Waals surface area (Å²) < 4.78 is 4.90. The fourth-order valence-electron chi connectivity index (χ4n) is 2.44. The van der Waals surface area contributed by atoms with Crippen LogP contribution in [0.3, 0.4) is 0 Å². The Kier molecular flexibility index (Phi) is 4.52. The number of nitrogens with one attached hydrogen (secondary N) is 1. The van der Waals surface area contributed by atoms with Gasteiger partial charge in [-0.3, -0.25) is 4.79 Å². The van der Waals surface area contributed by atoms with Crippen LogP contribution in [0.1, 0.15) is 36.6 Å². The topological polar surface area (TPSA) is 38.3 Å². The molecule has 0 spiro atoms. The van der Waals surface area contributed by atoms with Crippen molar-refractivity contribution < 1.29 is 9.53 Å². The van der Waals surface area contributed by atoms with Crippen molar-refractivity contribution in [3.05, 3.63) is 34.9 Å². The molecule has 3 heteroatoms. The Morgan fingerprint density at radius 2 is 1.94 bits per heavy atom. The van der Waals surface area contributed by atoms with Crippen LogP contribution in [0, 0.1) is 19.3 Å². The van der Waals surface area contributed by atoms with Crippen molar-refractivity contribution in [3.63, 3.8) is 0 Å². The number of aryl methyl sites for hydroxylation is 2. The first-order chi connectivity index (χ1) is 8.34. The first kappa shape index (κ1) is 14.7. The highest BCUT2D eigenvalue weighted by atomic mass is 16.5. The molecule has 3 nitrogen and oxygen atoms in total. The van der Waals surface area contributed by atoms with Crippen LogP contribution in [0.2, 0.25) is 0 Å². The lowest BCUT2D eigenvalue weighted by Gasteiger charge is -2.32. The molecule has 0 aliphatic carbocycles. The summed E-state index contributed by atoms with van der Waals surface area (Å²) in [6.07, 6.45) is 0. The van der Waals surface area contributed by atoms with Crippen molar-refractivity contribution in [3.8, 4) is 0 Å². The van der Waals surface area contributed by atoms with Gasteiger partial charge >= 0.3 is 5.97 Å². The quantitative estimate of drug-likeness (QED) is 0.834. The number of hydrogen-bond acceptors (Lipinski definition) is 3. The summed E-state index contributed by atoms with van der Waals surface area (Å²) in [7, 11) is 3.30. The number of rotatable bonds is 4. The predicted octanol–water partition coefficient (Wildman–Crippen LogP) is 2.76. The minimum Gasteiger partial charge on any atom is -0.469 e. The molecular weight excluding hydrogens is 226 g/mol. The van der Waals surface area contributed by atoms with Gasteiger partial charge in [0.25, 0.3) is 0 Å². The van der Waals surface area contributed by atoms with Gasteiger partial charge in [0.2, 0.25) is 0 Å². The number of carbonyl (C=O) groups excluding carboxylic acids is 1. The van der Waals surface area contributed by atoms with E-state index in [2.05, 4.69) is 37.4 Å². The Bertz CT molecular complexity index is 438. The Morgan fingerprint density at radius 3 is 2.39 bits per heavy atom. The first-order valence-electron chi connectivity index (χ1n) is 6.17. The summed E-state index contributed by atoms with van der Waals surface area (Å²) in [5.74, 6) is -0.207. The number of benzene rings is 1. The maximum Gasteiger partial charge on any atom is 0.313 e. The third-order valence-electron chi connectivity index (χ3n) is 3.46. The molecule has 0 aliphatic rings. The maximum absolute atomic E-state index is 11.9. The van der Waals surface area contributed by atoms with E-state index < -0.39 is 5.41 Å². The van der Waals surface area contributed by atoms with E-state index in [1.54, 1.807) is 0 Å². The number of esters is 1. The van der Waals surface area contributed by atoms with Crippen LogP contribution < -0.4 is 5.32 Å². The molecule has 1 rings (SSSR count). The van der Waals surface area contributed by atoms with Crippen LogP contribution in [0.5, 0.6) is 0 Å². The normalized spacial score (nSPS) is 13.2. The lowest BCUT2D eigenvalue weighted by molar-refractivity contribution is -0.152. The molecule has 0 saturated carbocycles. The summed E-state index contributed by atoms with van der Waals surface area (Å²) in [5, 5.41) is 3.23. The Morgan fingerprint density at radius 1 is 1.33 bits per heavy atom. The van der Waals surface area contributed by atoms with E-state index in [0.717, 1.165) is 5.56 Å². The van der Waals surface area contributed by atoms with E-state index in [4.69, 9.17) is 4.74 Å². The van der Waals surface area contributed by atoms with Crippen LogP contribution in [0.25, 0.3) is 0 Å². The van der Waals surface area contributed by atoms with Crippen LogP contribution in [0.15, 0.2) is 18.2 Å². The zero-order chi connectivity index (χ0) is 13.9. The number of carbonyl (C=O) groups is 1. The average molecular weight is 249 g/mol. The second-order valence-corrected chi connectivity index (χ2v) is 5.29. The smallest absolute Gasteiger partial charge is 0.313 e. The molecule has 0 aliphatic heterocycles. The predicted molar refractivity (Wildman–Crippen MR) is 73.5 cm³/mol. The molecule has 0 radical (unpaired) electrons. The van der Waals surface area contributed by atoms with Crippen LogP contribution in [-0.2, 0) is 9.53 Å². The molecule has 1 aromatic carbocycles. The minimum atomic E-state index is -0.608. The van der Waals surface area contributed by atoms with Gasteiger partial charge in [0, 0.05) is 6.04 Å². The largest absolute Gasteiger partial charge is 0.469 e. The third-order valence-corrected chi connectivity index (χ3v) is 3.46. The molecule has 0 aromatic heterocycles. The molecule has 0 fully saturated rings. The molecule has 1 N–H and O–H groups in total.